The van der Waals surface area contributed by atoms with Crippen LogP contribution >= 0.6 is 23.2 Å². The maximum absolute atomic E-state index is 15.4. The molecule has 11 rings (SSSR count). The summed E-state index contributed by atoms with van der Waals surface area (Å²) in [4.78, 5) is 129. The van der Waals surface area contributed by atoms with Gasteiger partial charge in [0, 0.05) is 130 Å². The number of halogens is 2. The van der Waals surface area contributed by atoms with Crippen molar-refractivity contribution in [1.82, 2.24) is 20.4 Å². The van der Waals surface area contributed by atoms with Crippen molar-refractivity contribution < 1.29 is 106 Å². The number of alkyl halides is 2. The zero-order valence-electron chi connectivity index (χ0n) is 65.2. The van der Waals surface area contributed by atoms with E-state index in [0.717, 1.165) is 21.9 Å². The first-order chi connectivity index (χ1) is 54.8. The summed E-state index contributed by atoms with van der Waals surface area (Å²) in [6.45, 7) is 10.6. The van der Waals surface area contributed by atoms with Crippen LogP contribution in [0, 0.1) is 28.1 Å². The zero-order valence-corrected chi connectivity index (χ0v) is 66.7. The first kappa shape index (κ1) is 86.6. The first-order valence-electron chi connectivity index (χ1n) is 39.0. The highest BCUT2D eigenvalue weighted by Gasteiger charge is 3.01. The average molecular weight is 1630 g/mol. The van der Waals surface area contributed by atoms with E-state index in [1.54, 1.807) is 52.3 Å². The fourth-order valence-corrected chi connectivity index (χ4v) is 17.0. The third-order valence-electron chi connectivity index (χ3n) is 22.8. The average Bonchev–Trinajstić information content (AvgIpc) is 1.39. The number of carbonyl (C=O) groups excluding carboxylic acids is 9. The number of fused-ring (bicyclic) bond motifs is 6. The van der Waals surface area contributed by atoms with Crippen LogP contribution < -0.4 is 41.4 Å². The Balaban J connectivity index is 0.636. The lowest BCUT2D eigenvalue weighted by molar-refractivity contribution is -0.265. The number of anilines is 2. The lowest BCUT2D eigenvalue weighted by atomic mass is 9.72. The molecule has 3 aliphatic heterocycles. The van der Waals surface area contributed by atoms with E-state index in [4.69, 9.17) is 82.0 Å². The molecule has 0 radical (unpaired) electrons. The molecule has 4 fully saturated rings. The molecule has 620 valence electrons. The number of nitrogens with two attached hydrogens (primary N) is 2. The number of carbonyl (C=O) groups is 9. The van der Waals surface area contributed by atoms with E-state index < -0.39 is 88.8 Å². The largest absolute Gasteiger partial charge is 0.461 e. The summed E-state index contributed by atoms with van der Waals surface area (Å²) in [5.41, 5.74) is 12.4. The summed E-state index contributed by atoms with van der Waals surface area (Å²) in [7, 11) is 3.06. The molecule has 0 bridgehead atoms. The summed E-state index contributed by atoms with van der Waals surface area (Å²) in [5.74, 6) is -2.52. The van der Waals surface area contributed by atoms with Crippen molar-refractivity contribution >= 4 is 109 Å². The minimum absolute atomic E-state index is 0.0370. The van der Waals surface area contributed by atoms with Crippen LogP contribution in [0.15, 0.2) is 84.9 Å². The fourth-order valence-electron chi connectivity index (χ4n) is 16.5. The number of nitrogens with zero attached hydrogens (tertiary/aromatic N) is 4. The Morgan fingerprint density at radius 1 is 0.632 bits per heavy atom. The molecule has 5 aromatic carbocycles. The number of ether oxygens (including phenoxy) is 10. The Kier molecular flexibility index (Phi) is 29.8. The van der Waals surface area contributed by atoms with Crippen molar-refractivity contribution in [3.8, 4) is 11.5 Å². The first-order valence-corrected chi connectivity index (χ1v) is 40.1. The summed E-state index contributed by atoms with van der Waals surface area (Å²) >= 11 is 13.4. The maximum Gasteiger partial charge on any atom is 0.415 e. The molecule has 3 saturated carbocycles. The molecule has 0 aromatic heterocycles. The third kappa shape index (κ3) is 19.4. The number of benzene rings is 5. The number of urea groups is 1. The van der Waals surface area contributed by atoms with Gasteiger partial charge in [0.2, 0.25) is 24.0 Å². The number of primary amides is 1. The van der Waals surface area contributed by atoms with Crippen LogP contribution in [0.5, 0.6) is 11.5 Å². The maximum atomic E-state index is 15.4. The highest BCUT2D eigenvalue weighted by molar-refractivity contribution is 6.20. The van der Waals surface area contributed by atoms with Gasteiger partial charge in [-0.05, 0) is 78.0 Å². The molecule has 1 spiro atoms. The number of likely N-dealkylation sites (N-methyl/N-ethyl adjacent to an activating group) is 2. The number of Topliss-reactive ketones (excluding diaryl/α,β-unsaturated/α-hetero) is 3. The second kappa shape index (κ2) is 39.2. The lowest BCUT2D eigenvalue weighted by Gasteiger charge is -2.39. The van der Waals surface area contributed by atoms with Crippen molar-refractivity contribution in [2.45, 2.75) is 127 Å². The van der Waals surface area contributed by atoms with Gasteiger partial charge in [-0.2, -0.15) is 0 Å². The molecule has 3 aliphatic carbocycles. The second-order valence-electron chi connectivity index (χ2n) is 30.7. The Morgan fingerprint density at radius 3 is 1.62 bits per heavy atom. The summed E-state index contributed by atoms with van der Waals surface area (Å²) in [6, 6.07) is 23.3. The van der Waals surface area contributed by atoms with Gasteiger partial charge in [0.05, 0.1) is 108 Å². The van der Waals surface area contributed by atoms with Crippen LogP contribution in [0.4, 0.5) is 25.8 Å². The Labute approximate surface area is 672 Å². The van der Waals surface area contributed by atoms with Gasteiger partial charge >= 0.3 is 18.2 Å². The SMILES string of the molecule is CC(=O)C1OC(Oc2cc3c(c4ccccc24)C(CCl)CN3C(=O)C23CC4(C(=O)N5CC(CCl)c6c5cc(OC(=O)N(C)CCN(C)C(=O)OCc5ccc(CC(=O)C(CCCNC(N)=O)NC(=O)C(CC(=O)CCOCCOCCOCCOCCOCCOCCN)C(C)C)cc5)c5ccccc65)CC42C3)C(O)C(O)C1O. The normalized spacial score (nSPS) is 23.4. The number of hydrogen-bond acceptors (Lipinski definition) is 23. The number of aliphatic hydroxyl groups excluding tert-OH is 3. The molecule has 5 aromatic rings. The smallest absolute Gasteiger partial charge is 0.415 e. The van der Waals surface area contributed by atoms with E-state index in [-0.39, 0.29) is 143 Å². The topological polar surface area (TPSA) is 396 Å². The highest BCUT2D eigenvalue weighted by atomic mass is 35.5. The standard InChI is InChI=1S/C82H106Cl2N8O22/c1-49(2)60(38-55(94)20-25-105-27-29-107-31-33-109-35-36-110-34-32-108-30-28-106-26-21-85)73(99)88-61(15-10-22-87-77(86)102)64(95)37-51-16-18-52(19-17-51)45-111-78(103)89(4)23-24-90(5)79(104)113-66-40-63-68(59-14-9-7-12-57(59)66)54(42-84)44-92(63)76(101)81-46-80(47-82(80,81)48-81)75(100)91-43-53(41-83)67-58-13-8-6-11-56(58)65(39-62(67)91)112-74-71(98)69(96)70(97)72(114-74)50(3)93/h6-9,11-14,16-19,39-40,49,53-54,60-61,69-72,74,96-98H,10,15,20-38,41-48,85H2,1-5H3,(H,88,99)(H3,86,87,102). The molecular formula is C82H106Cl2N8O22. The van der Waals surface area contributed by atoms with E-state index in [1.165, 1.54) is 30.8 Å². The van der Waals surface area contributed by atoms with Crippen molar-refractivity contribution in [1.29, 1.82) is 0 Å². The molecule has 9 N–H and O–H groups in total. The second-order valence-corrected chi connectivity index (χ2v) is 31.3. The molecule has 12 unspecified atom stereocenters. The van der Waals surface area contributed by atoms with Gasteiger partial charge in [0.1, 0.15) is 48.3 Å². The predicted octanol–water partition coefficient (Wildman–Crippen LogP) is 6.40. The number of nitrogens with one attached hydrogen (secondary N) is 2. The molecule has 1 saturated heterocycles. The molecule has 7 amide bonds. The van der Waals surface area contributed by atoms with Crippen molar-refractivity contribution in [2.24, 2.45) is 39.5 Å². The molecule has 3 heterocycles. The quantitative estimate of drug-likeness (QED) is 0.0164. The van der Waals surface area contributed by atoms with Crippen molar-refractivity contribution in [3.63, 3.8) is 0 Å². The number of ketones is 3. The van der Waals surface area contributed by atoms with Crippen LogP contribution in [-0.4, -0.2) is 260 Å². The number of rotatable bonds is 45. The third-order valence-corrected chi connectivity index (χ3v) is 23.6. The molecule has 114 heavy (non-hydrogen) atoms. The van der Waals surface area contributed by atoms with E-state index in [9.17, 15) is 48.9 Å². The van der Waals surface area contributed by atoms with Gasteiger partial charge in [-0.3, -0.25) is 28.8 Å². The van der Waals surface area contributed by atoms with Crippen LogP contribution in [0.3, 0.4) is 0 Å². The summed E-state index contributed by atoms with van der Waals surface area (Å²) in [6.07, 6.45) is -7.85. The van der Waals surface area contributed by atoms with Gasteiger partial charge in [0.25, 0.3) is 0 Å². The summed E-state index contributed by atoms with van der Waals surface area (Å²) < 4.78 is 56.7. The minimum atomic E-state index is -1.75. The molecule has 32 heteroatoms. The molecular weight excluding hydrogens is 1520 g/mol. The van der Waals surface area contributed by atoms with Gasteiger partial charge in [-0.1, -0.05) is 86.6 Å². The summed E-state index contributed by atoms with van der Waals surface area (Å²) in [5, 5.41) is 40.5. The van der Waals surface area contributed by atoms with Gasteiger partial charge in [0.15, 0.2) is 11.6 Å². The predicted molar refractivity (Wildman–Crippen MR) is 421 cm³/mol. The van der Waals surface area contributed by atoms with E-state index in [1.807, 2.05) is 56.3 Å². The van der Waals surface area contributed by atoms with Gasteiger partial charge in [-0.15, -0.1) is 23.2 Å². The minimum Gasteiger partial charge on any atom is -0.461 e. The molecule has 12 atom stereocenters. The Morgan fingerprint density at radius 2 is 1.12 bits per heavy atom. The van der Waals surface area contributed by atoms with Gasteiger partial charge in [-0.25, -0.2) is 14.4 Å². The highest BCUT2D eigenvalue weighted by Crippen LogP contribution is 3.01. The molecule has 6 aliphatic rings. The fraction of sp³-hybridized carbons (Fsp3) is 0.573. The Bertz CT molecular complexity index is 4280. The van der Waals surface area contributed by atoms with Crippen LogP contribution in [0.1, 0.15) is 99.8 Å². The van der Waals surface area contributed by atoms with Gasteiger partial charge < -0.3 is 104 Å². The van der Waals surface area contributed by atoms with Crippen LogP contribution in [0.2, 0.25) is 0 Å². The number of aliphatic hydroxyl groups is 3. The number of amides is 7. The van der Waals surface area contributed by atoms with E-state index >= 15 is 9.59 Å². The van der Waals surface area contributed by atoms with E-state index in [0.29, 0.717) is 132 Å². The molecule has 30 nitrogen and oxygen atoms in total. The van der Waals surface area contributed by atoms with Crippen molar-refractivity contribution in [2.75, 3.05) is 154 Å². The number of hydrogen-bond donors (Lipinski definition) is 7. The lowest BCUT2D eigenvalue weighted by Crippen LogP contribution is -2.60. The van der Waals surface area contributed by atoms with Crippen LogP contribution in [0.25, 0.3) is 21.5 Å². The zero-order chi connectivity index (χ0) is 81.6. The Hall–Kier alpha value is -8.21. The van der Waals surface area contributed by atoms with E-state index in [2.05, 4.69) is 10.6 Å². The van der Waals surface area contributed by atoms with Crippen LogP contribution in [-0.2, 0) is 79.7 Å². The monoisotopic (exact) mass is 1620 g/mol. The van der Waals surface area contributed by atoms with Crippen molar-refractivity contribution in [3.05, 3.63) is 107 Å².